The van der Waals surface area contributed by atoms with Crippen LogP contribution < -0.4 is 0 Å². The molecular formula is C36H64Li2Nd2O6. The van der Waals surface area contributed by atoms with Gasteiger partial charge in [0.05, 0.1) is 79.3 Å². The predicted molar refractivity (Wildman–Crippen MR) is 197 cm³/mol. The Morgan fingerprint density at radius 2 is 0.261 bits per heavy atom. The normalized spacial score (nSPS) is 12.5. The van der Waals surface area contributed by atoms with Gasteiger partial charge in [0.25, 0.3) is 0 Å². The van der Waals surface area contributed by atoms with Crippen LogP contribution in [0.25, 0.3) is 0 Å². The fraction of sp³-hybridized carbons (Fsp3) is 0.333. The average Bonchev–Trinajstić information content (AvgIpc) is 3.00. The van der Waals surface area contributed by atoms with Crippen molar-refractivity contribution in [2.45, 2.75) is 0 Å². The van der Waals surface area contributed by atoms with Crippen molar-refractivity contribution in [1.29, 1.82) is 0 Å². The van der Waals surface area contributed by atoms with Crippen molar-refractivity contribution in [2.75, 3.05) is 79.3 Å². The Morgan fingerprint density at radius 1 is 0.217 bits per heavy atom. The summed E-state index contributed by atoms with van der Waals surface area (Å²) in [4.78, 5) is 0. The second-order valence-electron chi connectivity index (χ2n) is 5.98. The third-order valence-corrected chi connectivity index (χ3v) is 2.23. The van der Waals surface area contributed by atoms with Crippen molar-refractivity contribution < 1.29 is 110 Å². The first-order valence-electron chi connectivity index (χ1n) is 13.0. The average molecular weight is 895 g/mol. The third kappa shape index (κ3) is 221. The number of hydrogen-bond acceptors (Lipinski definition) is 6. The van der Waals surface area contributed by atoms with Gasteiger partial charge in [0.2, 0.25) is 0 Å². The summed E-state index contributed by atoms with van der Waals surface area (Å²) in [6.45, 7) is 61.3. The zero-order valence-corrected chi connectivity index (χ0v) is 36.3. The van der Waals surface area contributed by atoms with Crippen molar-refractivity contribution in [2.24, 2.45) is 0 Å². The summed E-state index contributed by atoms with van der Waals surface area (Å²) < 4.78 is 29.7. The van der Waals surface area contributed by atoms with Gasteiger partial charge in [-0.2, -0.15) is 0 Å². The molecule has 3 heterocycles. The molecule has 3 saturated heterocycles. The largest absolute Gasteiger partial charge is 0.377 e. The van der Waals surface area contributed by atoms with Crippen LogP contribution in [0.4, 0.5) is 0 Å². The maximum absolute atomic E-state index is 4.94. The molecular weight excluding hydrogens is 831 g/mol. The Bertz CT molecular complexity index is 194. The summed E-state index contributed by atoms with van der Waals surface area (Å²) in [6, 6.07) is 0. The van der Waals surface area contributed by atoms with Crippen LogP contribution in [0.1, 0.15) is 0 Å². The smallest absolute Gasteiger partial charge is 0.0701 e. The zero-order valence-electron chi connectivity index (χ0n) is 29.9. The molecule has 0 spiro atoms. The van der Waals surface area contributed by atoms with Gasteiger partial charge < -0.3 is 28.4 Å². The predicted octanol–water partition coefficient (Wildman–Crippen LogP) is 6.21. The van der Waals surface area contributed by atoms with Gasteiger partial charge in [-0.1, -0.05) is 0 Å². The van der Waals surface area contributed by atoms with Crippen LogP contribution in [0.2, 0.25) is 0 Å². The quantitative estimate of drug-likeness (QED) is 0.270. The molecule has 0 aromatic rings. The van der Waals surface area contributed by atoms with E-state index in [0.29, 0.717) is 0 Å². The molecule has 0 bridgehead atoms. The van der Waals surface area contributed by atoms with Gasteiger partial charge >= 0.3 is 0 Å². The van der Waals surface area contributed by atoms with Crippen LogP contribution in [0, 0.1) is 244 Å². The van der Waals surface area contributed by atoms with E-state index in [1.54, 1.807) is 0 Å². The number of ether oxygens (including phenoxy) is 6. The van der Waals surface area contributed by atoms with Gasteiger partial charge in [-0.25, -0.2) is 0 Å². The molecule has 3 fully saturated rings. The minimum atomic E-state index is 0. The van der Waals surface area contributed by atoms with Crippen molar-refractivity contribution in [3.05, 3.63) is 162 Å². The third-order valence-electron chi connectivity index (χ3n) is 2.23. The van der Waals surface area contributed by atoms with E-state index in [9.17, 15) is 0 Å². The first-order valence-corrected chi connectivity index (χ1v) is 13.0. The van der Waals surface area contributed by atoms with Crippen LogP contribution in [-0.2, 0) is 28.4 Å². The van der Waals surface area contributed by atoms with E-state index in [2.05, 4.69) is 111 Å². The SMILES string of the molecule is C1COCCO1.C1COCCO1.C1COCCO1.[CH2][CH][CH2].[CH2][CH][CH2].[CH2][CH][CH2].[CH2][CH][CH2].[CH2][CH][CH2].[CH2][CH][CH2].[CH2][CH][CH2].[CH2][CH][CH2].[Li].[Li].[Nd].[Nd]. The molecule has 10 heteroatoms. The Morgan fingerprint density at radius 3 is 0.283 bits per heavy atom. The minimum absolute atomic E-state index is 0. The monoisotopic (exact) mass is 890 g/mol. The van der Waals surface area contributed by atoms with E-state index in [4.69, 9.17) is 28.4 Å². The second kappa shape index (κ2) is 126. The molecule has 0 aromatic carbocycles. The molecule has 3 aliphatic rings. The van der Waals surface area contributed by atoms with E-state index in [0.717, 1.165) is 79.3 Å². The van der Waals surface area contributed by atoms with Gasteiger partial charge in [-0.05, 0) is 162 Å². The van der Waals surface area contributed by atoms with Gasteiger partial charge in [-0.3, -0.25) is 0 Å². The second-order valence-corrected chi connectivity index (χ2v) is 5.98. The molecule has 0 amide bonds. The first kappa shape index (κ1) is 82.9. The van der Waals surface area contributed by atoms with Crippen LogP contribution in [-0.4, -0.2) is 117 Å². The number of rotatable bonds is 0. The summed E-state index contributed by atoms with van der Waals surface area (Å²) in [5.41, 5.74) is 0. The van der Waals surface area contributed by atoms with Crippen molar-refractivity contribution in [3.63, 3.8) is 0 Å². The Balaban J connectivity index is -0.0000000280. The first-order chi connectivity index (χ1) is 20.3. The van der Waals surface area contributed by atoms with Crippen molar-refractivity contribution in [1.82, 2.24) is 0 Å². The topological polar surface area (TPSA) is 55.4 Å². The molecule has 6 nitrogen and oxygen atoms in total. The van der Waals surface area contributed by atoms with Crippen LogP contribution in [0.15, 0.2) is 0 Å². The maximum Gasteiger partial charge on any atom is 0.0701 e. The Kier molecular flexibility index (Phi) is 226. The van der Waals surface area contributed by atoms with Crippen molar-refractivity contribution >= 4 is 37.7 Å². The molecule has 0 unspecified atom stereocenters. The van der Waals surface area contributed by atoms with Crippen LogP contribution >= 0.6 is 0 Å². The Hall–Kier alpha value is 3.66. The maximum atomic E-state index is 4.94. The standard InChI is InChI=1S/3C4H8O2.8C3H5.2Li.2Nd/c3*1-2-6-4-3-5-1;8*1-3-2;;;;/h3*1-4H2;8*3H,1-2H2;;;;. The summed E-state index contributed by atoms with van der Waals surface area (Å²) in [5.74, 6) is 0. The Labute approximate surface area is 384 Å². The number of hydrogen-bond donors (Lipinski definition) is 0. The summed E-state index contributed by atoms with van der Waals surface area (Å²) in [5, 5.41) is 0. The van der Waals surface area contributed by atoms with E-state index in [-0.39, 0.29) is 119 Å². The summed E-state index contributed by atoms with van der Waals surface area (Å²) in [6.07, 6.45) is 12.0. The summed E-state index contributed by atoms with van der Waals surface area (Å²) >= 11 is 0. The van der Waals surface area contributed by atoms with E-state index in [1.165, 1.54) is 51.4 Å². The van der Waals surface area contributed by atoms with Crippen LogP contribution in [0.3, 0.4) is 0 Å². The summed E-state index contributed by atoms with van der Waals surface area (Å²) in [7, 11) is 0. The molecule has 0 N–H and O–H groups in total. The molecule has 46 heavy (non-hydrogen) atoms. The van der Waals surface area contributed by atoms with Gasteiger partial charge in [0.1, 0.15) is 0 Å². The molecule has 0 saturated carbocycles. The van der Waals surface area contributed by atoms with Gasteiger partial charge in [-0.15, -0.1) is 0 Å². The van der Waals surface area contributed by atoms with E-state index >= 15 is 0 Å². The fourth-order valence-corrected chi connectivity index (χ4v) is 1.32. The van der Waals surface area contributed by atoms with Gasteiger partial charge in [0.15, 0.2) is 0 Å². The van der Waals surface area contributed by atoms with E-state index in [1.807, 2.05) is 0 Å². The molecule has 3 aliphatic heterocycles. The van der Waals surface area contributed by atoms with Crippen LogP contribution in [0.5, 0.6) is 0 Å². The fourth-order valence-electron chi connectivity index (χ4n) is 1.32. The molecule has 0 aliphatic carbocycles. The molecule has 3 rings (SSSR count). The molecule has 254 valence electrons. The van der Waals surface area contributed by atoms with Gasteiger partial charge in [0, 0.05) is 119 Å². The van der Waals surface area contributed by atoms with Crippen molar-refractivity contribution in [3.8, 4) is 0 Å². The zero-order chi connectivity index (χ0) is 34.4. The minimum Gasteiger partial charge on any atom is -0.377 e. The van der Waals surface area contributed by atoms with E-state index < -0.39 is 0 Å². The molecule has 0 aromatic heterocycles. The molecule has 26 radical (unpaired) electrons. The molecule has 0 atom stereocenters.